The number of anilines is 2. The van der Waals surface area contributed by atoms with E-state index in [1.165, 1.54) is 11.2 Å². The van der Waals surface area contributed by atoms with Crippen LogP contribution in [-0.2, 0) is 4.79 Å². The molecule has 3 rings (SSSR count). The van der Waals surface area contributed by atoms with Crippen LogP contribution < -0.4 is 10.6 Å². The molecule has 10 heteroatoms. The Hall–Kier alpha value is -2.93. The van der Waals surface area contributed by atoms with Gasteiger partial charge in [-0.25, -0.2) is 14.8 Å². The molecule has 0 radical (unpaired) electrons. The molecule has 29 heavy (non-hydrogen) atoms. The molecule has 2 saturated heterocycles. The first-order chi connectivity index (χ1) is 13.9. The van der Waals surface area contributed by atoms with Crippen LogP contribution in [0, 0.1) is 17.2 Å². The van der Waals surface area contributed by atoms with Crippen LogP contribution in [0.1, 0.15) is 38.7 Å². The molecule has 0 atom stereocenters. The number of aliphatic hydroxyl groups is 1. The van der Waals surface area contributed by atoms with Crippen LogP contribution in [0.4, 0.5) is 16.4 Å². The van der Waals surface area contributed by atoms with E-state index in [1.54, 1.807) is 4.90 Å². The summed E-state index contributed by atoms with van der Waals surface area (Å²) in [5.74, 6) is 0.603. The number of nitrogens with two attached hydrogens (primary N) is 1. The largest absolute Gasteiger partial charge is 0.396 e. The summed E-state index contributed by atoms with van der Waals surface area (Å²) in [6.07, 6.45) is 2.56. The van der Waals surface area contributed by atoms with E-state index >= 15 is 0 Å². The van der Waals surface area contributed by atoms with Crippen molar-refractivity contribution in [3.05, 3.63) is 11.9 Å². The number of rotatable bonds is 6. The van der Waals surface area contributed by atoms with Gasteiger partial charge in [0.15, 0.2) is 5.82 Å². The van der Waals surface area contributed by atoms with Crippen molar-refractivity contribution in [3.63, 3.8) is 0 Å². The molecule has 10 nitrogen and oxygen atoms in total. The smallest absolute Gasteiger partial charge is 0.327 e. The van der Waals surface area contributed by atoms with Crippen molar-refractivity contribution in [1.29, 1.82) is 5.26 Å². The van der Waals surface area contributed by atoms with Crippen molar-refractivity contribution in [2.45, 2.75) is 38.6 Å². The molecular weight excluding hydrogens is 374 g/mol. The molecule has 3 heterocycles. The summed E-state index contributed by atoms with van der Waals surface area (Å²) >= 11 is 0. The number of hydrogen-bond donors (Lipinski definition) is 2. The van der Waals surface area contributed by atoms with Crippen molar-refractivity contribution in [1.82, 2.24) is 19.8 Å². The fourth-order valence-electron chi connectivity index (χ4n) is 4.13. The first kappa shape index (κ1) is 20.8. The van der Waals surface area contributed by atoms with Gasteiger partial charge in [-0.05, 0) is 25.2 Å². The number of piperidine rings is 1. The molecule has 0 unspecified atom stereocenters. The first-order valence-corrected chi connectivity index (χ1v) is 9.85. The Labute approximate surface area is 169 Å². The lowest BCUT2D eigenvalue weighted by molar-refractivity contribution is -0.134. The molecule has 156 valence electrons. The molecule has 2 aliphatic rings. The van der Waals surface area contributed by atoms with Crippen LogP contribution in [-0.4, -0.2) is 75.1 Å². The number of aromatic nitrogens is 2. The lowest BCUT2D eigenvalue weighted by atomic mass is 9.85. The molecule has 2 fully saturated rings. The molecule has 0 saturated carbocycles. The highest BCUT2D eigenvalue weighted by atomic mass is 16.3. The third kappa shape index (κ3) is 3.58. The van der Waals surface area contributed by atoms with E-state index in [0.29, 0.717) is 44.7 Å². The fraction of sp³-hybridized carbons (Fsp3) is 0.632. The molecule has 3 N–H and O–H groups in total. The highest BCUT2D eigenvalue weighted by molar-refractivity contribution is 6.07. The summed E-state index contributed by atoms with van der Waals surface area (Å²) in [6.45, 7) is 5.59. The molecule has 1 aromatic rings. The molecule has 2 aliphatic heterocycles. The summed E-state index contributed by atoms with van der Waals surface area (Å²) in [6, 6.07) is 1.77. The van der Waals surface area contributed by atoms with E-state index in [0.717, 1.165) is 0 Å². The zero-order valence-corrected chi connectivity index (χ0v) is 16.8. The minimum atomic E-state index is -0.890. The Morgan fingerprint density at radius 2 is 2.00 bits per heavy atom. The van der Waals surface area contributed by atoms with Gasteiger partial charge in [0.2, 0.25) is 0 Å². The van der Waals surface area contributed by atoms with E-state index in [4.69, 9.17) is 10.8 Å². The standard InChI is InChI=1S/C19H27N7O3/c1-13(2)11-26-18(29)25(6-3-9-27)17(28)19(26)4-7-24(8-5-19)16-14(10-20)15(21)22-12-23-16/h12-13,27H,3-9,11H2,1-2H3,(H2,21,22,23). The maximum absolute atomic E-state index is 13.3. The second-order valence-electron chi connectivity index (χ2n) is 7.91. The van der Waals surface area contributed by atoms with Crippen molar-refractivity contribution >= 4 is 23.6 Å². The summed E-state index contributed by atoms with van der Waals surface area (Å²) < 4.78 is 0. The van der Waals surface area contributed by atoms with Crippen LogP contribution in [0.2, 0.25) is 0 Å². The molecule has 1 aromatic heterocycles. The van der Waals surface area contributed by atoms with E-state index in [2.05, 4.69) is 9.97 Å². The van der Waals surface area contributed by atoms with Gasteiger partial charge >= 0.3 is 6.03 Å². The zero-order chi connectivity index (χ0) is 21.2. The van der Waals surface area contributed by atoms with Gasteiger partial charge in [-0.1, -0.05) is 13.8 Å². The lowest BCUT2D eigenvalue weighted by Crippen LogP contribution is -2.57. The summed E-state index contributed by atoms with van der Waals surface area (Å²) in [5.41, 5.74) is 5.13. The number of nitriles is 1. The van der Waals surface area contributed by atoms with E-state index in [1.807, 2.05) is 24.8 Å². The molecule has 0 aromatic carbocycles. The molecule has 0 bridgehead atoms. The van der Waals surface area contributed by atoms with Gasteiger partial charge in [0, 0.05) is 32.8 Å². The highest BCUT2D eigenvalue weighted by Gasteiger charge is 2.57. The second kappa shape index (κ2) is 8.21. The monoisotopic (exact) mass is 401 g/mol. The maximum atomic E-state index is 13.3. The predicted octanol–water partition coefficient (Wildman–Crippen LogP) is 0.572. The number of carbonyl (C=O) groups excluding carboxylic acids is 2. The number of imide groups is 1. The average Bonchev–Trinajstić information content (AvgIpc) is 2.88. The Morgan fingerprint density at radius 1 is 1.31 bits per heavy atom. The van der Waals surface area contributed by atoms with Crippen LogP contribution in [0.5, 0.6) is 0 Å². The number of aliphatic hydroxyl groups excluding tert-OH is 1. The Bertz CT molecular complexity index is 828. The first-order valence-electron chi connectivity index (χ1n) is 9.85. The third-order valence-corrected chi connectivity index (χ3v) is 5.57. The molecule has 0 aliphatic carbocycles. The second-order valence-corrected chi connectivity index (χ2v) is 7.91. The van der Waals surface area contributed by atoms with E-state index < -0.39 is 5.54 Å². The molecular formula is C19H27N7O3. The van der Waals surface area contributed by atoms with Crippen molar-refractivity contribution in [3.8, 4) is 6.07 Å². The van der Waals surface area contributed by atoms with Crippen molar-refractivity contribution < 1.29 is 14.7 Å². The molecule has 1 spiro atoms. The third-order valence-electron chi connectivity index (χ3n) is 5.57. The van der Waals surface area contributed by atoms with Gasteiger partial charge in [0.25, 0.3) is 5.91 Å². The van der Waals surface area contributed by atoms with Crippen LogP contribution in [0.3, 0.4) is 0 Å². The summed E-state index contributed by atoms with van der Waals surface area (Å²) in [7, 11) is 0. The average molecular weight is 401 g/mol. The minimum absolute atomic E-state index is 0.0753. The summed E-state index contributed by atoms with van der Waals surface area (Å²) in [5, 5.41) is 18.5. The Balaban J connectivity index is 1.86. The van der Waals surface area contributed by atoms with Gasteiger partial charge in [-0.3, -0.25) is 9.69 Å². The number of amides is 3. The predicted molar refractivity (Wildman–Crippen MR) is 106 cm³/mol. The number of carbonyl (C=O) groups is 2. The number of urea groups is 1. The summed E-state index contributed by atoms with van der Waals surface area (Å²) in [4.78, 5) is 39.2. The SMILES string of the molecule is CC(C)CN1C(=O)N(CCCO)C(=O)C12CCN(c1ncnc(N)c1C#N)CC2. The Kier molecular flexibility index (Phi) is 5.88. The van der Waals surface area contributed by atoms with Gasteiger partial charge in [-0.15, -0.1) is 0 Å². The normalized spacial score (nSPS) is 18.8. The maximum Gasteiger partial charge on any atom is 0.327 e. The molecule has 3 amide bonds. The highest BCUT2D eigenvalue weighted by Crippen LogP contribution is 2.39. The number of nitrogens with zero attached hydrogens (tertiary/aromatic N) is 6. The van der Waals surface area contributed by atoms with Gasteiger partial charge in [-0.2, -0.15) is 5.26 Å². The van der Waals surface area contributed by atoms with Crippen LogP contribution >= 0.6 is 0 Å². The lowest BCUT2D eigenvalue weighted by Gasteiger charge is -2.43. The van der Waals surface area contributed by atoms with Crippen LogP contribution in [0.25, 0.3) is 0 Å². The van der Waals surface area contributed by atoms with Gasteiger partial charge in [0.05, 0.1) is 0 Å². The van der Waals surface area contributed by atoms with Gasteiger partial charge in [0.1, 0.15) is 29.3 Å². The fourth-order valence-corrected chi connectivity index (χ4v) is 4.13. The topological polar surface area (TPSA) is 140 Å². The van der Waals surface area contributed by atoms with Crippen LogP contribution in [0.15, 0.2) is 6.33 Å². The quantitative estimate of drug-likeness (QED) is 0.660. The van der Waals surface area contributed by atoms with Gasteiger partial charge < -0.3 is 20.6 Å². The van der Waals surface area contributed by atoms with E-state index in [9.17, 15) is 14.9 Å². The van der Waals surface area contributed by atoms with E-state index in [-0.39, 0.29) is 42.4 Å². The van der Waals surface area contributed by atoms with Crippen molar-refractivity contribution in [2.75, 3.05) is 43.4 Å². The minimum Gasteiger partial charge on any atom is -0.396 e. The Morgan fingerprint density at radius 3 is 2.59 bits per heavy atom. The zero-order valence-electron chi connectivity index (χ0n) is 16.8. The number of nitrogen functional groups attached to an aromatic ring is 1. The van der Waals surface area contributed by atoms with Crippen molar-refractivity contribution in [2.24, 2.45) is 5.92 Å². The number of hydrogen-bond acceptors (Lipinski definition) is 8.